The van der Waals surface area contributed by atoms with Crippen LogP contribution in [0.5, 0.6) is 0 Å². The number of hydrogen-bond donors (Lipinski definition) is 0. The lowest BCUT2D eigenvalue weighted by Gasteiger charge is -2.02. The lowest BCUT2D eigenvalue weighted by molar-refractivity contribution is 0.629. The molecule has 0 bridgehead atoms. The van der Waals surface area contributed by atoms with Gasteiger partial charge in [0.1, 0.15) is 5.82 Å². The van der Waals surface area contributed by atoms with Crippen LogP contribution in [0.2, 0.25) is 0 Å². The summed E-state index contributed by atoms with van der Waals surface area (Å²) < 4.78 is 13.1. The lowest BCUT2D eigenvalue weighted by atomic mass is 10.1. The molecule has 0 aliphatic carbocycles. The summed E-state index contributed by atoms with van der Waals surface area (Å²) >= 11 is 0. The monoisotopic (exact) mass is 246 g/mol. The van der Waals surface area contributed by atoms with Crippen molar-refractivity contribution >= 4 is 10.8 Å². The first-order chi connectivity index (χ1) is 8.72. The molecule has 0 fully saturated rings. The molecule has 2 aromatic rings. The second-order valence-electron chi connectivity index (χ2n) is 3.06. The quantitative estimate of drug-likeness (QED) is 0.680. The van der Waals surface area contributed by atoms with Crippen LogP contribution in [0.4, 0.5) is 4.39 Å². The molecule has 1 aromatic carbocycles. The van der Waals surface area contributed by atoms with E-state index in [0.29, 0.717) is 10.9 Å². The molecule has 0 spiro atoms. The van der Waals surface area contributed by atoms with E-state index >= 15 is 0 Å². The first-order valence-corrected chi connectivity index (χ1v) is 6.17. The fraction of sp³-hybridized carbons (Fsp3) is 0.333. The lowest BCUT2D eigenvalue weighted by Crippen LogP contribution is -1.88. The van der Waals surface area contributed by atoms with Crippen LogP contribution in [0.25, 0.3) is 10.8 Å². The number of fused-ring (bicyclic) bond motifs is 1. The molecule has 0 radical (unpaired) electrons. The minimum atomic E-state index is -0.398. The Kier molecular flexibility index (Phi) is 7.30. The number of nitrogens with zero attached hydrogens (tertiary/aromatic N) is 2. The highest BCUT2D eigenvalue weighted by Crippen LogP contribution is 2.21. The number of aryl methyl sites for hydroxylation is 1. The SMILES string of the molecule is CC.CC.Cc1nccc2c(C#N)cc(F)cc12. The molecule has 0 unspecified atom stereocenters. The molecule has 18 heavy (non-hydrogen) atoms. The number of halogens is 1. The second-order valence-corrected chi connectivity index (χ2v) is 3.06. The molecule has 0 saturated heterocycles. The molecule has 0 N–H and O–H groups in total. The van der Waals surface area contributed by atoms with Crippen molar-refractivity contribution in [1.82, 2.24) is 4.98 Å². The van der Waals surface area contributed by atoms with Crippen molar-refractivity contribution in [2.75, 3.05) is 0 Å². The number of nitriles is 1. The average molecular weight is 246 g/mol. The molecular formula is C15H19FN2. The van der Waals surface area contributed by atoms with Crippen LogP contribution >= 0.6 is 0 Å². The van der Waals surface area contributed by atoms with E-state index in [1.807, 2.05) is 33.8 Å². The minimum Gasteiger partial charge on any atom is -0.261 e. The van der Waals surface area contributed by atoms with Crippen molar-refractivity contribution in [3.63, 3.8) is 0 Å². The summed E-state index contributed by atoms with van der Waals surface area (Å²) in [6.45, 7) is 9.79. The van der Waals surface area contributed by atoms with Crippen molar-refractivity contribution in [2.45, 2.75) is 34.6 Å². The number of pyridine rings is 1. The topological polar surface area (TPSA) is 36.7 Å². The predicted octanol–water partition coefficient (Wildman–Crippen LogP) is 4.61. The smallest absolute Gasteiger partial charge is 0.125 e. The number of aromatic nitrogens is 1. The molecule has 0 saturated carbocycles. The van der Waals surface area contributed by atoms with Gasteiger partial charge in [0.15, 0.2) is 0 Å². The van der Waals surface area contributed by atoms with E-state index in [9.17, 15) is 4.39 Å². The molecule has 0 aliphatic heterocycles. The molecule has 2 nitrogen and oxygen atoms in total. The van der Waals surface area contributed by atoms with E-state index in [2.05, 4.69) is 4.98 Å². The minimum absolute atomic E-state index is 0.352. The van der Waals surface area contributed by atoms with Gasteiger partial charge in [0, 0.05) is 22.7 Å². The molecule has 96 valence electrons. The van der Waals surface area contributed by atoms with Gasteiger partial charge in [0.2, 0.25) is 0 Å². The molecule has 2 rings (SSSR count). The van der Waals surface area contributed by atoms with E-state index < -0.39 is 5.82 Å². The van der Waals surface area contributed by atoms with Crippen LogP contribution in [0.3, 0.4) is 0 Å². The Balaban J connectivity index is 0.000000659. The average Bonchev–Trinajstić information content (AvgIpc) is 2.43. The maximum absolute atomic E-state index is 13.1. The van der Waals surface area contributed by atoms with Gasteiger partial charge in [-0.3, -0.25) is 4.98 Å². The molecule has 0 aliphatic rings. The Morgan fingerprint density at radius 2 is 1.72 bits per heavy atom. The zero-order chi connectivity index (χ0) is 14.1. The van der Waals surface area contributed by atoms with Crippen LogP contribution in [0, 0.1) is 24.1 Å². The number of benzene rings is 1. The van der Waals surface area contributed by atoms with Crippen LogP contribution in [-0.2, 0) is 0 Å². The summed E-state index contributed by atoms with van der Waals surface area (Å²) in [6.07, 6.45) is 1.62. The summed E-state index contributed by atoms with van der Waals surface area (Å²) in [5.74, 6) is -0.398. The van der Waals surface area contributed by atoms with E-state index in [-0.39, 0.29) is 0 Å². The molecule has 0 atom stereocenters. The third-order valence-corrected chi connectivity index (χ3v) is 2.16. The van der Waals surface area contributed by atoms with Crippen molar-refractivity contribution in [3.8, 4) is 6.07 Å². The highest BCUT2D eigenvalue weighted by atomic mass is 19.1. The third kappa shape index (κ3) is 3.53. The van der Waals surface area contributed by atoms with Crippen molar-refractivity contribution in [3.05, 3.63) is 41.5 Å². The van der Waals surface area contributed by atoms with Crippen molar-refractivity contribution in [1.29, 1.82) is 5.26 Å². The van der Waals surface area contributed by atoms with E-state index in [1.54, 1.807) is 19.2 Å². The van der Waals surface area contributed by atoms with Gasteiger partial charge in [0.05, 0.1) is 11.6 Å². The largest absolute Gasteiger partial charge is 0.261 e. The van der Waals surface area contributed by atoms with Crippen LogP contribution < -0.4 is 0 Å². The van der Waals surface area contributed by atoms with Gasteiger partial charge >= 0.3 is 0 Å². The van der Waals surface area contributed by atoms with Crippen LogP contribution in [-0.4, -0.2) is 4.98 Å². The standard InChI is InChI=1S/C11H7FN2.2C2H6/c1-7-11-5-9(12)4-8(6-13)10(11)2-3-14-7;2*1-2/h2-5H,1H3;2*1-2H3. The van der Waals surface area contributed by atoms with Crippen molar-refractivity contribution < 1.29 is 4.39 Å². The van der Waals surface area contributed by atoms with Gasteiger partial charge in [-0.05, 0) is 25.1 Å². The highest BCUT2D eigenvalue weighted by molar-refractivity contribution is 5.89. The Hall–Kier alpha value is -1.95. The van der Waals surface area contributed by atoms with E-state index in [0.717, 1.165) is 11.1 Å². The highest BCUT2D eigenvalue weighted by Gasteiger charge is 2.05. The third-order valence-electron chi connectivity index (χ3n) is 2.16. The maximum atomic E-state index is 13.1. The van der Waals surface area contributed by atoms with E-state index in [1.165, 1.54) is 12.1 Å². The number of hydrogen-bond acceptors (Lipinski definition) is 2. The first kappa shape index (κ1) is 16.1. The zero-order valence-electron chi connectivity index (χ0n) is 11.6. The summed E-state index contributed by atoms with van der Waals surface area (Å²) in [5.41, 5.74) is 1.09. The Labute approximate surface area is 108 Å². The van der Waals surface area contributed by atoms with Crippen molar-refractivity contribution in [2.24, 2.45) is 0 Å². The zero-order valence-corrected chi connectivity index (χ0v) is 11.6. The van der Waals surface area contributed by atoms with Gasteiger partial charge in [0.25, 0.3) is 0 Å². The Morgan fingerprint density at radius 3 is 2.28 bits per heavy atom. The second kappa shape index (κ2) is 8.19. The maximum Gasteiger partial charge on any atom is 0.125 e. The van der Waals surface area contributed by atoms with Crippen LogP contribution in [0.15, 0.2) is 24.4 Å². The van der Waals surface area contributed by atoms with Gasteiger partial charge in [-0.1, -0.05) is 27.7 Å². The van der Waals surface area contributed by atoms with Gasteiger partial charge in [-0.25, -0.2) is 4.39 Å². The molecule has 1 heterocycles. The fourth-order valence-electron chi connectivity index (χ4n) is 1.48. The van der Waals surface area contributed by atoms with Gasteiger partial charge in [-0.15, -0.1) is 0 Å². The predicted molar refractivity (Wildman–Crippen MR) is 73.8 cm³/mol. The molecule has 0 amide bonds. The number of rotatable bonds is 0. The van der Waals surface area contributed by atoms with Gasteiger partial charge in [-0.2, -0.15) is 5.26 Å². The summed E-state index contributed by atoms with van der Waals surface area (Å²) in [4.78, 5) is 4.05. The molecule has 1 aromatic heterocycles. The summed E-state index contributed by atoms with van der Waals surface area (Å²) in [6, 6.07) is 6.33. The molecular weight excluding hydrogens is 227 g/mol. The first-order valence-electron chi connectivity index (χ1n) is 6.17. The fourth-order valence-corrected chi connectivity index (χ4v) is 1.48. The summed E-state index contributed by atoms with van der Waals surface area (Å²) in [5, 5.41) is 10.3. The van der Waals surface area contributed by atoms with E-state index in [4.69, 9.17) is 5.26 Å². The normalized spacial score (nSPS) is 8.50. The Morgan fingerprint density at radius 1 is 1.11 bits per heavy atom. The molecule has 3 heteroatoms. The Bertz CT molecular complexity index is 542. The van der Waals surface area contributed by atoms with Crippen LogP contribution in [0.1, 0.15) is 39.0 Å². The summed E-state index contributed by atoms with van der Waals surface area (Å²) in [7, 11) is 0. The van der Waals surface area contributed by atoms with Gasteiger partial charge < -0.3 is 0 Å².